The first-order chi connectivity index (χ1) is 13.8. The van der Waals surface area contributed by atoms with Crippen LogP contribution >= 0.6 is 0 Å². The first-order valence-electron chi connectivity index (χ1n) is 9.24. The highest BCUT2D eigenvalue weighted by Crippen LogP contribution is 2.45. The van der Waals surface area contributed by atoms with Crippen LogP contribution in [-0.4, -0.2) is 24.3 Å². The van der Waals surface area contributed by atoms with E-state index in [1.807, 2.05) is 0 Å². The van der Waals surface area contributed by atoms with Crippen LogP contribution in [0.1, 0.15) is 30.4 Å². The van der Waals surface area contributed by atoms with Crippen LogP contribution in [0.25, 0.3) is 0 Å². The van der Waals surface area contributed by atoms with Crippen LogP contribution < -0.4 is 10.2 Å². The molecule has 1 saturated carbocycles. The first-order valence-corrected chi connectivity index (χ1v) is 9.24. The Hall–Kier alpha value is -2.90. The van der Waals surface area contributed by atoms with Crippen molar-refractivity contribution in [3.05, 3.63) is 65.2 Å². The molecule has 0 spiro atoms. The van der Waals surface area contributed by atoms with Gasteiger partial charge < -0.3 is 5.32 Å². The van der Waals surface area contributed by atoms with Gasteiger partial charge in [-0.15, -0.1) is 0 Å². The lowest BCUT2D eigenvalue weighted by Crippen LogP contribution is -2.60. The van der Waals surface area contributed by atoms with E-state index in [9.17, 15) is 27.2 Å². The van der Waals surface area contributed by atoms with Gasteiger partial charge in [-0.25, -0.2) is 17.6 Å². The number of halogens is 4. The minimum Gasteiger partial charge on any atom is -0.351 e. The number of anilines is 1. The Kier molecular flexibility index (Phi) is 4.59. The average molecular weight is 406 g/mol. The van der Waals surface area contributed by atoms with Crippen LogP contribution in [0, 0.1) is 11.6 Å². The van der Waals surface area contributed by atoms with E-state index in [0.717, 1.165) is 16.5 Å². The number of rotatable bonds is 5. The third-order valence-corrected chi connectivity index (χ3v) is 5.73. The summed E-state index contributed by atoms with van der Waals surface area (Å²) in [6.45, 7) is 0. The Balaban J connectivity index is 1.80. The van der Waals surface area contributed by atoms with Crippen LogP contribution in [0.4, 0.5) is 23.2 Å². The Bertz CT molecular complexity index is 973. The Morgan fingerprint density at radius 1 is 1.10 bits per heavy atom. The summed E-state index contributed by atoms with van der Waals surface area (Å²) < 4.78 is 54.8. The van der Waals surface area contributed by atoms with E-state index in [-0.39, 0.29) is 18.5 Å². The van der Waals surface area contributed by atoms with Crippen LogP contribution in [0.3, 0.4) is 0 Å². The lowest BCUT2D eigenvalue weighted by Gasteiger charge is -2.42. The van der Waals surface area contributed by atoms with E-state index in [4.69, 9.17) is 0 Å². The Morgan fingerprint density at radius 2 is 1.83 bits per heavy atom. The number of aryl methyl sites for hydroxylation is 1. The maximum atomic E-state index is 14.5. The van der Waals surface area contributed by atoms with E-state index in [0.29, 0.717) is 12.0 Å². The zero-order valence-electron chi connectivity index (χ0n) is 15.3. The van der Waals surface area contributed by atoms with Gasteiger partial charge >= 0.3 is 0 Å². The average Bonchev–Trinajstić information content (AvgIpc) is 3.05. The van der Waals surface area contributed by atoms with Crippen LogP contribution in [-0.2, 0) is 21.5 Å². The largest absolute Gasteiger partial charge is 0.351 e. The van der Waals surface area contributed by atoms with E-state index in [1.54, 1.807) is 24.3 Å². The second-order valence-corrected chi connectivity index (χ2v) is 7.50. The normalized spacial score (nSPS) is 22.5. The standard InChI is InChI=1S/C21H18F4N2O2/c22-16-6-3-7-17(18(16)23)27(12-28)21(9-8-13-4-1-2-5-15(13)21)19(29)26-14-10-20(24,25)11-14/h1-7,12,14H,8-11H2,(H,26,29)/t21-/m1/s1. The number of carbonyl (C=O) groups is 2. The molecule has 1 fully saturated rings. The molecule has 2 aromatic rings. The summed E-state index contributed by atoms with van der Waals surface area (Å²) in [6.07, 6.45) is -0.158. The lowest BCUT2D eigenvalue weighted by atomic mass is 9.84. The van der Waals surface area contributed by atoms with Crippen molar-refractivity contribution in [1.29, 1.82) is 0 Å². The van der Waals surface area contributed by atoms with Gasteiger partial charge in [0.2, 0.25) is 6.41 Å². The van der Waals surface area contributed by atoms with Gasteiger partial charge in [-0.05, 0) is 36.1 Å². The minimum absolute atomic E-state index is 0.121. The molecule has 0 heterocycles. The molecule has 0 aliphatic heterocycles. The third-order valence-electron chi connectivity index (χ3n) is 5.73. The number of amides is 2. The van der Waals surface area contributed by atoms with Gasteiger partial charge in [-0.2, -0.15) is 0 Å². The van der Waals surface area contributed by atoms with Gasteiger partial charge in [-0.1, -0.05) is 30.3 Å². The van der Waals surface area contributed by atoms with Crippen LogP contribution in [0.15, 0.2) is 42.5 Å². The molecule has 2 aliphatic carbocycles. The summed E-state index contributed by atoms with van der Waals surface area (Å²) in [5.41, 5.74) is -0.784. The Labute approximate surface area is 164 Å². The number of fused-ring (bicyclic) bond motifs is 1. The van der Waals surface area contributed by atoms with Gasteiger partial charge in [0.1, 0.15) is 0 Å². The smallest absolute Gasteiger partial charge is 0.252 e. The second kappa shape index (κ2) is 6.86. The van der Waals surface area contributed by atoms with Crippen molar-refractivity contribution in [1.82, 2.24) is 5.32 Å². The maximum absolute atomic E-state index is 14.5. The topological polar surface area (TPSA) is 49.4 Å². The van der Waals surface area contributed by atoms with Gasteiger partial charge in [0.25, 0.3) is 11.8 Å². The summed E-state index contributed by atoms with van der Waals surface area (Å²) >= 11 is 0. The van der Waals surface area contributed by atoms with Crippen molar-refractivity contribution in [3.8, 4) is 0 Å². The number of alkyl halides is 2. The minimum atomic E-state index is -2.84. The molecule has 4 rings (SSSR count). The van der Waals surface area contributed by atoms with Crippen molar-refractivity contribution < 1.29 is 27.2 Å². The highest BCUT2D eigenvalue weighted by molar-refractivity contribution is 5.98. The molecular weight excluding hydrogens is 388 g/mol. The fourth-order valence-corrected chi connectivity index (χ4v) is 4.29. The zero-order chi connectivity index (χ0) is 20.8. The van der Waals surface area contributed by atoms with Crippen molar-refractivity contribution in [2.45, 2.75) is 43.2 Å². The van der Waals surface area contributed by atoms with Crippen molar-refractivity contribution >= 4 is 18.0 Å². The number of nitrogens with zero attached hydrogens (tertiary/aromatic N) is 1. The highest BCUT2D eigenvalue weighted by atomic mass is 19.3. The van der Waals surface area contributed by atoms with Crippen molar-refractivity contribution in [3.63, 3.8) is 0 Å². The quantitative estimate of drug-likeness (QED) is 0.608. The molecule has 2 aromatic carbocycles. The van der Waals surface area contributed by atoms with Gasteiger partial charge in [0, 0.05) is 18.9 Å². The first kappa shape index (κ1) is 19.4. The van der Waals surface area contributed by atoms with Gasteiger partial charge in [0.05, 0.1) is 5.69 Å². The number of hydrogen-bond acceptors (Lipinski definition) is 2. The maximum Gasteiger partial charge on any atom is 0.252 e. The predicted molar refractivity (Wildman–Crippen MR) is 97.5 cm³/mol. The fraction of sp³-hybridized carbons (Fsp3) is 0.333. The summed E-state index contributed by atoms with van der Waals surface area (Å²) in [5, 5.41) is 2.58. The summed E-state index contributed by atoms with van der Waals surface area (Å²) in [5.74, 6) is -5.93. The molecule has 1 atom stereocenters. The van der Waals surface area contributed by atoms with E-state index >= 15 is 0 Å². The van der Waals surface area contributed by atoms with Crippen LogP contribution in [0.5, 0.6) is 0 Å². The molecule has 2 aliphatic rings. The monoisotopic (exact) mass is 406 g/mol. The zero-order valence-corrected chi connectivity index (χ0v) is 15.3. The summed E-state index contributed by atoms with van der Waals surface area (Å²) in [6, 6.07) is 9.49. The van der Waals surface area contributed by atoms with E-state index in [1.165, 1.54) is 12.1 Å². The van der Waals surface area contributed by atoms with E-state index < -0.39 is 47.9 Å². The molecule has 1 N–H and O–H groups in total. The molecule has 0 bridgehead atoms. The molecule has 2 amide bonds. The van der Waals surface area contributed by atoms with Crippen molar-refractivity contribution in [2.24, 2.45) is 0 Å². The van der Waals surface area contributed by atoms with Gasteiger partial charge in [0.15, 0.2) is 17.2 Å². The van der Waals surface area contributed by atoms with Gasteiger partial charge in [-0.3, -0.25) is 14.5 Å². The Morgan fingerprint density at radius 3 is 2.52 bits per heavy atom. The fourth-order valence-electron chi connectivity index (χ4n) is 4.29. The molecule has 4 nitrogen and oxygen atoms in total. The number of hydrogen-bond donors (Lipinski definition) is 1. The highest BCUT2D eigenvalue weighted by Gasteiger charge is 2.54. The molecule has 0 unspecified atom stereocenters. The number of benzene rings is 2. The second-order valence-electron chi connectivity index (χ2n) is 7.50. The molecule has 0 saturated heterocycles. The summed E-state index contributed by atoms with van der Waals surface area (Å²) in [7, 11) is 0. The molecule has 152 valence electrons. The van der Waals surface area contributed by atoms with E-state index in [2.05, 4.69) is 5.32 Å². The molecule has 0 aromatic heterocycles. The number of nitrogens with one attached hydrogen (secondary N) is 1. The lowest BCUT2D eigenvalue weighted by molar-refractivity contribution is -0.135. The molecule has 8 heteroatoms. The molecule has 29 heavy (non-hydrogen) atoms. The third kappa shape index (κ3) is 3.07. The van der Waals surface area contributed by atoms with Crippen molar-refractivity contribution in [2.75, 3.05) is 4.90 Å². The van der Waals surface area contributed by atoms with Crippen LogP contribution in [0.2, 0.25) is 0 Å². The number of carbonyl (C=O) groups excluding carboxylic acids is 2. The summed E-state index contributed by atoms with van der Waals surface area (Å²) in [4.78, 5) is 26.3. The molecule has 0 radical (unpaired) electrons. The SMILES string of the molecule is O=CN(c1cccc(F)c1F)[C@]1(C(=O)NC2CC(F)(F)C2)CCc2ccccc21. The predicted octanol–water partition coefficient (Wildman–Crippen LogP) is 3.68. The molecular formula is C21H18F4N2O2.